The maximum Gasteiger partial charge on any atom is 0.0281 e. The predicted octanol–water partition coefficient (Wildman–Crippen LogP) is 1.16. The van der Waals surface area contributed by atoms with Crippen LogP contribution in [0.4, 0.5) is 0 Å². The van der Waals surface area contributed by atoms with E-state index in [1.807, 2.05) is 13.2 Å². The third-order valence-electron chi connectivity index (χ3n) is 2.13. The van der Waals surface area contributed by atoms with Crippen LogP contribution in [0.5, 0.6) is 0 Å². The maximum absolute atomic E-state index is 2.98. The van der Waals surface area contributed by atoms with Gasteiger partial charge in [-0.1, -0.05) is 0 Å². The molecule has 1 fully saturated rings. The van der Waals surface area contributed by atoms with Gasteiger partial charge in [-0.3, -0.25) is 0 Å². The fraction of sp³-hybridized carbons (Fsp3) is 0.750. The van der Waals surface area contributed by atoms with Gasteiger partial charge in [-0.05, 0) is 19.3 Å². The molecule has 1 aliphatic rings. The summed E-state index contributed by atoms with van der Waals surface area (Å²) in [4.78, 5) is 2.28. The van der Waals surface area contributed by atoms with Crippen molar-refractivity contribution < 1.29 is 0 Å². The molecule has 1 rings (SSSR count). The smallest absolute Gasteiger partial charge is 0.0281 e. The molecule has 0 aromatic heterocycles. The molecule has 2 nitrogen and oxygen atoms in total. The molecule has 10 heavy (non-hydrogen) atoms. The van der Waals surface area contributed by atoms with E-state index < -0.39 is 0 Å². The van der Waals surface area contributed by atoms with E-state index in [2.05, 4.69) is 23.5 Å². The van der Waals surface area contributed by atoms with Crippen LogP contribution in [-0.2, 0) is 0 Å². The molecule has 1 aliphatic carbocycles. The van der Waals surface area contributed by atoms with E-state index in [4.69, 9.17) is 0 Å². The summed E-state index contributed by atoms with van der Waals surface area (Å²) in [7, 11) is 4.06. The minimum absolute atomic E-state index is 0.810. The standard InChI is InChI=1S/C8H16N2/c1-9-6-7-10(2)8-4-3-5-8/h6-9H,3-5H2,1-2H3/b7-6-. The summed E-state index contributed by atoms with van der Waals surface area (Å²) in [5, 5.41) is 2.98. The van der Waals surface area contributed by atoms with E-state index >= 15 is 0 Å². The largest absolute Gasteiger partial charge is 0.393 e. The zero-order valence-electron chi connectivity index (χ0n) is 6.80. The fourth-order valence-corrected chi connectivity index (χ4v) is 1.11. The fourth-order valence-electron chi connectivity index (χ4n) is 1.11. The van der Waals surface area contributed by atoms with Crippen molar-refractivity contribution in [3.63, 3.8) is 0 Å². The molecule has 0 aromatic carbocycles. The van der Waals surface area contributed by atoms with Crippen LogP contribution in [0.2, 0.25) is 0 Å². The van der Waals surface area contributed by atoms with Gasteiger partial charge in [0.1, 0.15) is 0 Å². The van der Waals surface area contributed by atoms with E-state index in [-0.39, 0.29) is 0 Å². The van der Waals surface area contributed by atoms with Crippen LogP contribution in [-0.4, -0.2) is 25.0 Å². The highest BCUT2D eigenvalue weighted by molar-refractivity contribution is 4.86. The zero-order chi connectivity index (χ0) is 7.40. The number of hydrogen-bond donors (Lipinski definition) is 1. The quantitative estimate of drug-likeness (QED) is 0.633. The number of nitrogens with zero attached hydrogens (tertiary/aromatic N) is 1. The third-order valence-corrected chi connectivity index (χ3v) is 2.13. The van der Waals surface area contributed by atoms with Gasteiger partial charge in [0.15, 0.2) is 0 Å². The summed E-state index contributed by atoms with van der Waals surface area (Å²) in [6.45, 7) is 0. The first-order chi connectivity index (χ1) is 4.84. The van der Waals surface area contributed by atoms with E-state index in [9.17, 15) is 0 Å². The monoisotopic (exact) mass is 140 g/mol. The second-order valence-electron chi connectivity index (χ2n) is 2.85. The van der Waals surface area contributed by atoms with Crippen LogP contribution in [0.25, 0.3) is 0 Å². The van der Waals surface area contributed by atoms with Gasteiger partial charge in [-0.25, -0.2) is 0 Å². The Kier molecular flexibility index (Phi) is 2.60. The molecule has 0 radical (unpaired) electrons. The molecule has 0 atom stereocenters. The Morgan fingerprint density at radius 1 is 1.50 bits per heavy atom. The maximum atomic E-state index is 2.98. The normalized spacial score (nSPS) is 19.0. The first-order valence-electron chi connectivity index (χ1n) is 3.90. The van der Waals surface area contributed by atoms with Gasteiger partial charge < -0.3 is 10.2 Å². The first-order valence-corrected chi connectivity index (χ1v) is 3.90. The Morgan fingerprint density at radius 3 is 2.60 bits per heavy atom. The number of hydrogen-bond acceptors (Lipinski definition) is 2. The van der Waals surface area contributed by atoms with Crippen LogP contribution < -0.4 is 5.32 Å². The van der Waals surface area contributed by atoms with Gasteiger partial charge in [-0.2, -0.15) is 0 Å². The predicted molar refractivity (Wildman–Crippen MR) is 43.6 cm³/mol. The Hall–Kier alpha value is -0.660. The van der Waals surface area contributed by atoms with Gasteiger partial charge in [0, 0.05) is 32.5 Å². The van der Waals surface area contributed by atoms with E-state index in [0.29, 0.717) is 0 Å². The third kappa shape index (κ3) is 1.66. The number of nitrogens with one attached hydrogen (secondary N) is 1. The van der Waals surface area contributed by atoms with E-state index in [1.54, 1.807) is 0 Å². The summed E-state index contributed by atoms with van der Waals surface area (Å²) in [6, 6.07) is 0.810. The molecule has 0 amide bonds. The van der Waals surface area contributed by atoms with Crippen molar-refractivity contribution in [3.8, 4) is 0 Å². The van der Waals surface area contributed by atoms with Crippen LogP contribution in [0, 0.1) is 0 Å². The molecule has 0 bridgehead atoms. The molecule has 1 N–H and O–H groups in total. The van der Waals surface area contributed by atoms with Gasteiger partial charge in [-0.15, -0.1) is 0 Å². The van der Waals surface area contributed by atoms with E-state index in [0.717, 1.165) is 6.04 Å². The lowest BCUT2D eigenvalue weighted by Gasteiger charge is -2.33. The van der Waals surface area contributed by atoms with Crippen molar-refractivity contribution >= 4 is 0 Å². The van der Waals surface area contributed by atoms with Crippen LogP contribution in [0.1, 0.15) is 19.3 Å². The van der Waals surface area contributed by atoms with Gasteiger partial charge in [0.05, 0.1) is 0 Å². The molecule has 0 heterocycles. The van der Waals surface area contributed by atoms with Crippen molar-refractivity contribution in [2.75, 3.05) is 14.1 Å². The average molecular weight is 140 g/mol. The minimum Gasteiger partial charge on any atom is -0.393 e. The molecule has 1 saturated carbocycles. The summed E-state index contributed by atoms with van der Waals surface area (Å²) in [5.41, 5.74) is 0. The summed E-state index contributed by atoms with van der Waals surface area (Å²) in [5.74, 6) is 0. The van der Waals surface area contributed by atoms with Gasteiger partial charge in [0.25, 0.3) is 0 Å². The SMILES string of the molecule is CN/C=C\N(C)C1CCC1. The molecular weight excluding hydrogens is 124 g/mol. The Morgan fingerprint density at radius 2 is 2.20 bits per heavy atom. The molecule has 2 heteroatoms. The van der Waals surface area contributed by atoms with Gasteiger partial charge in [0.2, 0.25) is 0 Å². The second kappa shape index (κ2) is 3.49. The Labute approximate surface area is 62.9 Å². The average Bonchev–Trinajstić information content (AvgIpc) is 1.79. The topological polar surface area (TPSA) is 15.3 Å². The van der Waals surface area contributed by atoms with Crippen LogP contribution in [0.15, 0.2) is 12.4 Å². The molecule has 0 aromatic rings. The van der Waals surface area contributed by atoms with Crippen LogP contribution in [0.3, 0.4) is 0 Å². The van der Waals surface area contributed by atoms with Crippen LogP contribution >= 0.6 is 0 Å². The minimum atomic E-state index is 0.810. The zero-order valence-corrected chi connectivity index (χ0v) is 6.80. The van der Waals surface area contributed by atoms with Crippen molar-refractivity contribution in [1.82, 2.24) is 10.2 Å². The molecular formula is C8H16N2. The van der Waals surface area contributed by atoms with Crippen molar-refractivity contribution in [2.24, 2.45) is 0 Å². The number of rotatable bonds is 3. The Bertz CT molecular complexity index is 116. The van der Waals surface area contributed by atoms with Crippen molar-refractivity contribution in [3.05, 3.63) is 12.4 Å². The lowest BCUT2D eigenvalue weighted by Crippen LogP contribution is -2.33. The lowest BCUT2D eigenvalue weighted by molar-refractivity contribution is 0.216. The van der Waals surface area contributed by atoms with E-state index in [1.165, 1.54) is 19.3 Å². The van der Waals surface area contributed by atoms with Gasteiger partial charge >= 0.3 is 0 Å². The lowest BCUT2D eigenvalue weighted by atomic mass is 9.92. The molecule has 0 saturated heterocycles. The first kappa shape index (κ1) is 7.45. The second-order valence-corrected chi connectivity index (χ2v) is 2.85. The summed E-state index contributed by atoms with van der Waals surface area (Å²) in [6.07, 6.45) is 8.21. The highest BCUT2D eigenvalue weighted by Gasteiger charge is 2.19. The van der Waals surface area contributed by atoms with Crippen molar-refractivity contribution in [2.45, 2.75) is 25.3 Å². The molecule has 0 spiro atoms. The Balaban J connectivity index is 2.19. The summed E-state index contributed by atoms with van der Waals surface area (Å²) >= 11 is 0. The molecule has 0 aliphatic heterocycles. The molecule has 58 valence electrons. The highest BCUT2D eigenvalue weighted by Crippen LogP contribution is 2.23. The summed E-state index contributed by atoms with van der Waals surface area (Å²) < 4.78 is 0. The highest BCUT2D eigenvalue weighted by atomic mass is 15.1. The van der Waals surface area contributed by atoms with Crippen molar-refractivity contribution in [1.29, 1.82) is 0 Å². The molecule has 0 unspecified atom stereocenters.